The van der Waals surface area contributed by atoms with E-state index in [-0.39, 0.29) is 6.04 Å². The van der Waals surface area contributed by atoms with Crippen LogP contribution in [0.2, 0.25) is 0 Å². The topological polar surface area (TPSA) is 38.0 Å². The van der Waals surface area contributed by atoms with Gasteiger partial charge in [-0.05, 0) is 43.0 Å². The molecule has 1 aromatic carbocycles. The standard InChI is InChI=1S/C14H22N2S2/c1-9-6-11(3)12(7-10(9)2)14(16-15)13-8-17-4-5-18-13/h6-7,13-14,16H,4-5,8,15H2,1-3H3. The third kappa shape index (κ3) is 3.05. The van der Waals surface area contributed by atoms with E-state index in [4.69, 9.17) is 5.84 Å². The summed E-state index contributed by atoms with van der Waals surface area (Å²) in [7, 11) is 0. The number of aryl methyl sites for hydroxylation is 3. The highest BCUT2D eigenvalue weighted by Crippen LogP contribution is 2.35. The highest BCUT2D eigenvalue weighted by atomic mass is 32.2. The van der Waals surface area contributed by atoms with Crippen molar-refractivity contribution in [1.82, 2.24) is 5.43 Å². The molecule has 2 unspecified atom stereocenters. The SMILES string of the molecule is Cc1cc(C)c(C(NN)C2CSCCS2)cc1C. The molecule has 0 aromatic heterocycles. The molecule has 2 nitrogen and oxygen atoms in total. The highest BCUT2D eigenvalue weighted by Gasteiger charge is 2.26. The molecule has 100 valence electrons. The zero-order chi connectivity index (χ0) is 13.1. The molecule has 4 heteroatoms. The molecule has 0 saturated carbocycles. The lowest BCUT2D eigenvalue weighted by Crippen LogP contribution is -2.38. The quantitative estimate of drug-likeness (QED) is 0.660. The summed E-state index contributed by atoms with van der Waals surface area (Å²) in [6, 6.07) is 4.84. The summed E-state index contributed by atoms with van der Waals surface area (Å²) >= 11 is 4.08. The molecule has 1 aromatic rings. The average molecular weight is 282 g/mol. The van der Waals surface area contributed by atoms with Gasteiger partial charge in [0, 0.05) is 22.5 Å². The Morgan fingerprint density at radius 3 is 2.50 bits per heavy atom. The van der Waals surface area contributed by atoms with Crippen molar-refractivity contribution in [1.29, 1.82) is 0 Å². The van der Waals surface area contributed by atoms with Gasteiger partial charge in [0.25, 0.3) is 0 Å². The molecule has 1 aliphatic rings. The second-order valence-corrected chi connectivity index (χ2v) is 7.42. The number of hydrogen-bond acceptors (Lipinski definition) is 4. The predicted octanol–water partition coefficient (Wildman–Crippen LogP) is 2.96. The fraction of sp³-hybridized carbons (Fsp3) is 0.571. The maximum Gasteiger partial charge on any atom is 0.0589 e. The molecule has 1 saturated heterocycles. The minimum Gasteiger partial charge on any atom is -0.271 e. The summed E-state index contributed by atoms with van der Waals surface area (Å²) in [5.74, 6) is 9.51. The molecule has 2 rings (SSSR count). The van der Waals surface area contributed by atoms with E-state index in [9.17, 15) is 0 Å². The van der Waals surface area contributed by atoms with Gasteiger partial charge in [-0.1, -0.05) is 12.1 Å². The van der Waals surface area contributed by atoms with E-state index in [1.54, 1.807) is 0 Å². The van der Waals surface area contributed by atoms with Crippen molar-refractivity contribution >= 4 is 23.5 Å². The molecule has 0 amide bonds. The first-order chi connectivity index (χ1) is 8.63. The third-order valence-corrected chi connectivity index (χ3v) is 6.47. The van der Waals surface area contributed by atoms with E-state index in [1.807, 2.05) is 23.5 Å². The predicted molar refractivity (Wildman–Crippen MR) is 84.3 cm³/mol. The maximum absolute atomic E-state index is 5.82. The summed E-state index contributed by atoms with van der Waals surface area (Å²) < 4.78 is 0. The Balaban J connectivity index is 2.28. The number of benzene rings is 1. The number of hydrogen-bond donors (Lipinski definition) is 2. The molecular weight excluding hydrogens is 260 g/mol. The molecule has 0 aliphatic carbocycles. The van der Waals surface area contributed by atoms with Crippen LogP contribution in [0.4, 0.5) is 0 Å². The second kappa shape index (κ2) is 6.33. The van der Waals surface area contributed by atoms with E-state index in [0.717, 1.165) is 0 Å². The summed E-state index contributed by atoms with van der Waals surface area (Å²) in [5.41, 5.74) is 8.46. The molecule has 18 heavy (non-hydrogen) atoms. The summed E-state index contributed by atoms with van der Waals surface area (Å²) in [6.45, 7) is 6.53. The Kier molecular flexibility index (Phi) is 5.01. The van der Waals surface area contributed by atoms with Gasteiger partial charge in [-0.3, -0.25) is 11.3 Å². The van der Waals surface area contributed by atoms with Crippen LogP contribution in [-0.2, 0) is 0 Å². The Hall–Kier alpha value is -0.160. The van der Waals surface area contributed by atoms with Crippen LogP contribution in [0.3, 0.4) is 0 Å². The lowest BCUT2D eigenvalue weighted by atomic mass is 9.94. The van der Waals surface area contributed by atoms with Crippen molar-refractivity contribution in [2.24, 2.45) is 5.84 Å². The number of thioether (sulfide) groups is 2. The van der Waals surface area contributed by atoms with Gasteiger partial charge in [-0.2, -0.15) is 23.5 Å². The van der Waals surface area contributed by atoms with E-state index in [0.29, 0.717) is 5.25 Å². The molecular formula is C14H22N2S2. The van der Waals surface area contributed by atoms with E-state index in [2.05, 4.69) is 38.3 Å². The van der Waals surface area contributed by atoms with Gasteiger partial charge < -0.3 is 0 Å². The van der Waals surface area contributed by atoms with Crippen molar-refractivity contribution in [2.45, 2.75) is 32.1 Å². The zero-order valence-corrected chi connectivity index (χ0v) is 13.0. The second-order valence-electron chi connectivity index (χ2n) is 4.92. The summed E-state index contributed by atoms with van der Waals surface area (Å²) in [6.07, 6.45) is 0. The first-order valence-corrected chi connectivity index (χ1v) is 8.57. The molecule has 0 bridgehead atoms. The Bertz CT molecular complexity index is 415. The smallest absolute Gasteiger partial charge is 0.0589 e. The minimum absolute atomic E-state index is 0.266. The van der Waals surface area contributed by atoms with Crippen LogP contribution in [0.25, 0.3) is 0 Å². The zero-order valence-electron chi connectivity index (χ0n) is 11.3. The molecule has 1 fully saturated rings. The lowest BCUT2D eigenvalue weighted by molar-refractivity contribution is 0.550. The van der Waals surface area contributed by atoms with Crippen molar-refractivity contribution in [3.05, 3.63) is 34.4 Å². The van der Waals surface area contributed by atoms with E-state index < -0.39 is 0 Å². The van der Waals surface area contributed by atoms with Gasteiger partial charge in [0.2, 0.25) is 0 Å². The monoisotopic (exact) mass is 282 g/mol. The average Bonchev–Trinajstić information content (AvgIpc) is 2.38. The molecule has 0 spiro atoms. The first-order valence-electron chi connectivity index (χ1n) is 6.36. The number of rotatable bonds is 3. The summed E-state index contributed by atoms with van der Waals surface area (Å²) in [5, 5.41) is 0.578. The van der Waals surface area contributed by atoms with Gasteiger partial charge >= 0.3 is 0 Å². The summed E-state index contributed by atoms with van der Waals surface area (Å²) in [4.78, 5) is 0. The molecule has 1 heterocycles. The van der Waals surface area contributed by atoms with Crippen molar-refractivity contribution in [3.8, 4) is 0 Å². The van der Waals surface area contributed by atoms with Crippen LogP contribution in [0.5, 0.6) is 0 Å². The van der Waals surface area contributed by atoms with Crippen molar-refractivity contribution in [3.63, 3.8) is 0 Å². The molecule has 0 radical (unpaired) electrons. The third-order valence-electron chi connectivity index (χ3n) is 3.61. The first kappa shape index (κ1) is 14.3. The fourth-order valence-electron chi connectivity index (χ4n) is 2.41. The van der Waals surface area contributed by atoms with Crippen LogP contribution >= 0.6 is 23.5 Å². The normalized spacial score (nSPS) is 21.9. The minimum atomic E-state index is 0.266. The van der Waals surface area contributed by atoms with Crippen LogP contribution in [0.15, 0.2) is 12.1 Å². The van der Waals surface area contributed by atoms with Crippen LogP contribution in [0, 0.1) is 20.8 Å². The van der Waals surface area contributed by atoms with Gasteiger partial charge in [-0.25, -0.2) is 0 Å². The van der Waals surface area contributed by atoms with Gasteiger partial charge in [0.05, 0.1) is 6.04 Å². The highest BCUT2D eigenvalue weighted by molar-refractivity contribution is 8.06. The Morgan fingerprint density at radius 1 is 1.17 bits per heavy atom. The lowest BCUT2D eigenvalue weighted by Gasteiger charge is -2.30. The molecule has 3 N–H and O–H groups in total. The Morgan fingerprint density at radius 2 is 1.89 bits per heavy atom. The van der Waals surface area contributed by atoms with Crippen LogP contribution in [-0.4, -0.2) is 22.5 Å². The van der Waals surface area contributed by atoms with E-state index in [1.165, 1.54) is 39.5 Å². The van der Waals surface area contributed by atoms with Gasteiger partial charge in [0.1, 0.15) is 0 Å². The number of hydrazine groups is 1. The van der Waals surface area contributed by atoms with Crippen molar-refractivity contribution in [2.75, 3.05) is 17.3 Å². The van der Waals surface area contributed by atoms with E-state index >= 15 is 0 Å². The fourth-order valence-corrected chi connectivity index (χ4v) is 5.26. The van der Waals surface area contributed by atoms with Gasteiger partial charge in [0.15, 0.2) is 0 Å². The molecule has 1 aliphatic heterocycles. The maximum atomic E-state index is 5.82. The van der Waals surface area contributed by atoms with Crippen molar-refractivity contribution < 1.29 is 0 Å². The molecule has 2 atom stereocenters. The largest absolute Gasteiger partial charge is 0.271 e. The van der Waals surface area contributed by atoms with Gasteiger partial charge in [-0.15, -0.1) is 0 Å². The Labute approximate surface area is 118 Å². The number of nitrogens with one attached hydrogen (secondary N) is 1. The van der Waals surface area contributed by atoms with Crippen LogP contribution in [0.1, 0.15) is 28.3 Å². The van der Waals surface area contributed by atoms with Crippen LogP contribution < -0.4 is 11.3 Å². The number of nitrogens with two attached hydrogens (primary N) is 1.